The molecule has 3 fully saturated rings. The Morgan fingerprint density at radius 2 is 1.69 bits per heavy atom. The second kappa shape index (κ2) is 10.4. The van der Waals surface area contributed by atoms with Gasteiger partial charge in [-0.15, -0.1) is 0 Å². The Morgan fingerprint density at radius 3 is 2.29 bits per heavy atom. The van der Waals surface area contributed by atoms with Crippen LogP contribution >= 0.6 is 0 Å². The lowest BCUT2D eigenvalue weighted by molar-refractivity contribution is -0.0782. The lowest BCUT2D eigenvalue weighted by atomic mass is 9.59. The highest BCUT2D eigenvalue weighted by Gasteiger charge is 2.50. The Hall–Kier alpha value is -1.59. The quantitative estimate of drug-likeness (QED) is 0.492. The molecule has 1 saturated carbocycles. The number of hydrogen-bond donors (Lipinski definition) is 0. The fourth-order valence-corrected chi connectivity index (χ4v) is 6.66. The Labute approximate surface area is 214 Å². The van der Waals surface area contributed by atoms with Crippen molar-refractivity contribution >= 4 is 6.09 Å². The van der Waals surface area contributed by atoms with Gasteiger partial charge in [0.25, 0.3) is 0 Å². The molecule has 2 heterocycles. The van der Waals surface area contributed by atoms with Gasteiger partial charge in [-0.05, 0) is 74.8 Å². The summed E-state index contributed by atoms with van der Waals surface area (Å²) in [5, 5.41) is 0. The summed E-state index contributed by atoms with van der Waals surface area (Å²) in [6, 6.07) is 10.3. The molecular weight excluding hydrogens is 434 g/mol. The summed E-state index contributed by atoms with van der Waals surface area (Å²) in [4.78, 5) is 20.0. The first-order valence-corrected chi connectivity index (χ1v) is 14.0. The molecule has 1 spiro atoms. The van der Waals surface area contributed by atoms with Gasteiger partial charge in [0.2, 0.25) is 0 Å². The van der Waals surface area contributed by atoms with Gasteiger partial charge in [-0.3, -0.25) is 9.80 Å². The van der Waals surface area contributed by atoms with Crippen molar-refractivity contribution in [3.8, 4) is 0 Å². The van der Waals surface area contributed by atoms with E-state index in [1.807, 2.05) is 25.7 Å². The van der Waals surface area contributed by atoms with Gasteiger partial charge >= 0.3 is 6.09 Å². The summed E-state index contributed by atoms with van der Waals surface area (Å²) < 4.78 is 5.62. The van der Waals surface area contributed by atoms with Crippen LogP contribution in [0, 0.1) is 11.3 Å². The Balaban J connectivity index is 1.43. The van der Waals surface area contributed by atoms with E-state index in [0.29, 0.717) is 29.3 Å². The zero-order valence-electron chi connectivity index (χ0n) is 23.3. The first kappa shape index (κ1) is 26.5. The predicted octanol–water partition coefficient (Wildman–Crippen LogP) is 6.30. The van der Waals surface area contributed by atoms with Crippen LogP contribution < -0.4 is 0 Å². The molecule has 4 rings (SSSR count). The van der Waals surface area contributed by atoms with Crippen molar-refractivity contribution in [3.05, 3.63) is 35.4 Å². The largest absolute Gasteiger partial charge is 0.444 e. The van der Waals surface area contributed by atoms with E-state index in [0.717, 1.165) is 39.0 Å². The lowest BCUT2D eigenvalue weighted by Crippen LogP contribution is -2.60. The average molecular weight is 484 g/mol. The first-order chi connectivity index (χ1) is 16.5. The van der Waals surface area contributed by atoms with E-state index in [1.165, 1.54) is 37.1 Å². The van der Waals surface area contributed by atoms with Crippen molar-refractivity contribution < 1.29 is 9.53 Å². The van der Waals surface area contributed by atoms with E-state index in [1.54, 1.807) is 0 Å². The number of piperidine rings is 1. The zero-order valence-corrected chi connectivity index (χ0v) is 23.3. The predicted molar refractivity (Wildman–Crippen MR) is 144 cm³/mol. The molecule has 0 bridgehead atoms. The average Bonchev–Trinajstić information content (AvgIpc) is 2.76. The van der Waals surface area contributed by atoms with Gasteiger partial charge < -0.3 is 9.64 Å². The minimum absolute atomic E-state index is 0.144. The van der Waals surface area contributed by atoms with Crippen LogP contribution in [0.1, 0.15) is 97.2 Å². The molecule has 1 amide bonds. The monoisotopic (exact) mass is 483 g/mol. The molecule has 1 aromatic carbocycles. The van der Waals surface area contributed by atoms with E-state index in [9.17, 15) is 4.79 Å². The van der Waals surface area contributed by atoms with Gasteiger partial charge in [0.05, 0.1) is 0 Å². The molecule has 0 N–H and O–H groups in total. The fraction of sp³-hybridized carbons (Fsp3) is 0.767. The van der Waals surface area contributed by atoms with E-state index >= 15 is 0 Å². The van der Waals surface area contributed by atoms with Gasteiger partial charge in [0, 0.05) is 51.4 Å². The highest BCUT2D eigenvalue weighted by atomic mass is 16.6. The molecule has 5 nitrogen and oxygen atoms in total. The van der Waals surface area contributed by atoms with E-state index in [4.69, 9.17) is 4.74 Å². The summed E-state index contributed by atoms with van der Waals surface area (Å²) >= 11 is 0. The molecular formula is C30H49N3O2. The number of hydrogen-bond acceptors (Lipinski definition) is 4. The summed E-state index contributed by atoms with van der Waals surface area (Å²) in [6.07, 6.45) is 4.64. The summed E-state index contributed by atoms with van der Waals surface area (Å²) in [5.74, 6) is 1.24. The van der Waals surface area contributed by atoms with Gasteiger partial charge in [0.15, 0.2) is 0 Å². The molecule has 3 aliphatic rings. The minimum Gasteiger partial charge on any atom is -0.444 e. The molecule has 1 atom stereocenters. The second-order valence-corrected chi connectivity index (χ2v) is 13.2. The fourth-order valence-electron chi connectivity index (χ4n) is 6.66. The van der Waals surface area contributed by atoms with Crippen LogP contribution in [-0.4, -0.2) is 71.7 Å². The van der Waals surface area contributed by atoms with Crippen molar-refractivity contribution in [1.29, 1.82) is 0 Å². The van der Waals surface area contributed by atoms with Gasteiger partial charge in [0.1, 0.15) is 5.60 Å². The molecule has 1 aromatic rings. The van der Waals surface area contributed by atoms with Crippen LogP contribution in [0.15, 0.2) is 24.3 Å². The number of piperazine rings is 1. The molecule has 2 saturated heterocycles. The van der Waals surface area contributed by atoms with E-state index in [2.05, 4.69) is 61.8 Å². The Morgan fingerprint density at radius 1 is 1.03 bits per heavy atom. The number of ether oxygens (including phenoxy) is 1. The lowest BCUT2D eigenvalue weighted by Gasteiger charge is -2.58. The zero-order chi connectivity index (χ0) is 25.4. The molecule has 5 heteroatoms. The molecule has 0 radical (unpaired) electrons. The van der Waals surface area contributed by atoms with Crippen molar-refractivity contribution in [1.82, 2.24) is 14.7 Å². The normalized spacial score (nSPS) is 24.3. The third-order valence-electron chi connectivity index (χ3n) is 8.39. The molecule has 1 aliphatic carbocycles. The Kier molecular flexibility index (Phi) is 7.88. The minimum atomic E-state index is -0.424. The summed E-state index contributed by atoms with van der Waals surface area (Å²) in [6.45, 7) is 21.5. The van der Waals surface area contributed by atoms with Crippen molar-refractivity contribution in [2.24, 2.45) is 11.3 Å². The topological polar surface area (TPSA) is 36.0 Å². The second-order valence-electron chi connectivity index (χ2n) is 13.2. The number of rotatable bonds is 5. The van der Waals surface area contributed by atoms with Gasteiger partial charge in [-0.25, -0.2) is 4.79 Å². The Bertz CT molecular complexity index is 859. The van der Waals surface area contributed by atoms with E-state index in [-0.39, 0.29) is 6.09 Å². The number of nitrogens with zero attached hydrogens (tertiary/aromatic N) is 3. The van der Waals surface area contributed by atoms with Crippen LogP contribution in [0.5, 0.6) is 0 Å². The maximum absolute atomic E-state index is 12.5. The summed E-state index contributed by atoms with van der Waals surface area (Å²) in [5.41, 5.74) is 3.04. The highest BCUT2D eigenvalue weighted by Crippen LogP contribution is 2.53. The third kappa shape index (κ3) is 6.22. The number of likely N-dealkylation sites (tertiary alicyclic amines) is 1. The van der Waals surface area contributed by atoms with Crippen LogP contribution in [0.2, 0.25) is 0 Å². The van der Waals surface area contributed by atoms with Crippen LogP contribution in [0.25, 0.3) is 0 Å². The molecule has 1 unspecified atom stereocenters. The highest BCUT2D eigenvalue weighted by molar-refractivity contribution is 5.68. The van der Waals surface area contributed by atoms with Crippen LogP contribution in [-0.2, 0) is 4.74 Å². The van der Waals surface area contributed by atoms with E-state index < -0.39 is 5.60 Å². The van der Waals surface area contributed by atoms with Crippen molar-refractivity contribution in [2.45, 2.75) is 97.8 Å². The maximum atomic E-state index is 12.5. The van der Waals surface area contributed by atoms with Crippen LogP contribution in [0.4, 0.5) is 4.79 Å². The third-order valence-corrected chi connectivity index (χ3v) is 8.39. The maximum Gasteiger partial charge on any atom is 0.410 e. The van der Waals surface area contributed by atoms with Gasteiger partial charge in [-0.1, -0.05) is 52.0 Å². The molecule has 2 aliphatic heterocycles. The van der Waals surface area contributed by atoms with Crippen LogP contribution in [0.3, 0.4) is 0 Å². The first-order valence-electron chi connectivity index (χ1n) is 14.0. The molecule has 0 aromatic heterocycles. The number of benzene rings is 1. The number of amides is 1. The molecule has 196 valence electrons. The van der Waals surface area contributed by atoms with Gasteiger partial charge in [-0.2, -0.15) is 0 Å². The SMILES string of the molecule is CC(C)CN1CCN(C2CC3(CCN(C(=O)OC(C)(C)C)CC3)C2)C(c2ccccc2C(C)C)C1. The standard InChI is InChI=1S/C30H49N3O2/c1-22(2)20-31-16-17-33(27(21-31)26-11-9-8-10-25(26)23(3)4)24-18-30(19-24)12-14-32(15-13-30)28(34)35-29(5,6)7/h8-11,22-24,27H,12-21H2,1-7H3. The number of carbonyl (C=O) groups is 1. The molecule has 35 heavy (non-hydrogen) atoms. The summed E-state index contributed by atoms with van der Waals surface area (Å²) in [7, 11) is 0. The number of carbonyl (C=O) groups excluding carboxylic acids is 1. The van der Waals surface area contributed by atoms with Crippen molar-refractivity contribution in [3.63, 3.8) is 0 Å². The smallest absolute Gasteiger partial charge is 0.410 e. The van der Waals surface area contributed by atoms with Crippen molar-refractivity contribution in [2.75, 3.05) is 39.3 Å².